The quantitative estimate of drug-likeness (QED) is 0.814. The Morgan fingerprint density at radius 1 is 1.47 bits per heavy atom. The highest BCUT2D eigenvalue weighted by molar-refractivity contribution is 5.39. The first kappa shape index (κ1) is 13.5. The predicted octanol–water partition coefficient (Wildman–Crippen LogP) is 2.56. The summed E-state index contributed by atoms with van der Waals surface area (Å²) in [5, 5.41) is 0. The molecule has 1 atom stereocenters. The normalized spacial score (nSPS) is 11.5. The SMILES string of the molecule is CCC(C)COc1ccc(C#CCN)c(F)c1. The van der Waals surface area contributed by atoms with Crippen molar-refractivity contribution in [2.75, 3.05) is 13.2 Å². The molecule has 1 rings (SSSR count). The largest absolute Gasteiger partial charge is 0.493 e. The molecule has 1 aromatic carbocycles. The van der Waals surface area contributed by atoms with E-state index >= 15 is 0 Å². The van der Waals surface area contributed by atoms with Crippen LogP contribution >= 0.6 is 0 Å². The molecule has 1 aromatic rings. The van der Waals surface area contributed by atoms with Gasteiger partial charge in [-0.15, -0.1) is 0 Å². The van der Waals surface area contributed by atoms with E-state index < -0.39 is 0 Å². The molecular weight excluding hydrogens is 217 g/mol. The number of hydrogen-bond donors (Lipinski definition) is 1. The molecule has 0 amide bonds. The van der Waals surface area contributed by atoms with Crippen LogP contribution in [0.25, 0.3) is 0 Å². The Morgan fingerprint density at radius 2 is 2.24 bits per heavy atom. The van der Waals surface area contributed by atoms with Crippen molar-refractivity contribution in [3.8, 4) is 17.6 Å². The average Bonchev–Trinajstić information content (AvgIpc) is 2.34. The van der Waals surface area contributed by atoms with Crippen LogP contribution < -0.4 is 10.5 Å². The third-order valence-corrected chi connectivity index (χ3v) is 2.50. The maximum Gasteiger partial charge on any atom is 0.142 e. The lowest BCUT2D eigenvalue weighted by Crippen LogP contribution is -2.07. The van der Waals surface area contributed by atoms with Gasteiger partial charge in [-0.05, 0) is 18.1 Å². The monoisotopic (exact) mass is 235 g/mol. The summed E-state index contributed by atoms with van der Waals surface area (Å²) >= 11 is 0. The predicted molar refractivity (Wildman–Crippen MR) is 67.3 cm³/mol. The van der Waals surface area contributed by atoms with E-state index in [0.717, 1.165) is 6.42 Å². The number of benzene rings is 1. The van der Waals surface area contributed by atoms with Gasteiger partial charge in [-0.2, -0.15) is 0 Å². The van der Waals surface area contributed by atoms with Crippen LogP contribution in [-0.2, 0) is 0 Å². The Bertz CT molecular complexity index is 420. The molecule has 2 N–H and O–H groups in total. The highest BCUT2D eigenvalue weighted by atomic mass is 19.1. The minimum atomic E-state index is -0.368. The summed E-state index contributed by atoms with van der Waals surface area (Å²) in [6.07, 6.45) is 1.04. The van der Waals surface area contributed by atoms with Crippen molar-refractivity contribution in [1.29, 1.82) is 0 Å². The van der Waals surface area contributed by atoms with Crippen LogP contribution in [0.2, 0.25) is 0 Å². The zero-order valence-corrected chi connectivity index (χ0v) is 10.3. The van der Waals surface area contributed by atoms with Gasteiger partial charge in [-0.25, -0.2) is 4.39 Å². The molecule has 0 bridgehead atoms. The van der Waals surface area contributed by atoms with Crippen molar-refractivity contribution in [3.63, 3.8) is 0 Å². The van der Waals surface area contributed by atoms with Crippen LogP contribution in [0, 0.1) is 23.6 Å². The van der Waals surface area contributed by atoms with Crippen LogP contribution in [0.15, 0.2) is 18.2 Å². The van der Waals surface area contributed by atoms with Crippen molar-refractivity contribution in [2.24, 2.45) is 11.7 Å². The molecule has 0 spiro atoms. The summed E-state index contributed by atoms with van der Waals surface area (Å²) < 4.78 is 19.0. The Kier molecular flexibility index (Phi) is 5.51. The summed E-state index contributed by atoms with van der Waals surface area (Å²) in [5.41, 5.74) is 5.58. The van der Waals surface area contributed by atoms with Crippen molar-refractivity contribution in [1.82, 2.24) is 0 Å². The summed E-state index contributed by atoms with van der Waals surface area (Å²) in [5.74, 6) is 5.93. The van der Waals surface area contributed by atoms with Gasteiger partial charge in [0.15, 0.2) is 0 Å². The van der Waals surface area contributed by atoms with E-state index in [1.54, 1.807) is 12.1 Å². The third-order valence-electron chi connectivity index (χ3n) is 2.50. The maximum atomic E-state index is 13.6. The molecule has 2 nitrogen and oxygen atoms in total. The first-order chi connectivity index (χ1) is 8.17. The highest BCUT2D eigenvalue weighted by Gasteiger charge is 2.04. The van der Waals surface area contributed by atoms with Crippen LogP contribution in [-0.4, -0.2) is 13.2 Å². The molecule has 0 aliphatic rings. The molecule has 1 unspecified atom stereocenters. The molecule has 0 aliphatic carbocycles. The summed E-state index contributed by atoms with van der Waals surface area (Å²) in [6, 6.07) is 4.71. The Balaban J connectivity index is 2.68. The molecule has 3 heteroatoms. The molecule has 0 fully saturated rings. The van der Waals surface area contributed by atoms with Crippen molar-refractivity contribution >= 4 is 0 Å². The molecule has 0 heterocycles. The van der Waals surface area contributed by atoms with Crippen LogP contribution in [0.1, 0.15) is 25.8 Å². The summed E-state index contributed by atoms with van der Waals surface area (Å²) in [6.45, 7) is 5.02. The molecule has 0 aromatic heterocycles. The van der Waals surface area contributed by atoms with E-state index in [-0.39, 0.29) is 12.4 Å². The molecule has 92 valence electrons. The van der Waals surface area contributed by atoms with Gasteiger partial charge in [0.2, 0.25) is 0 Å². The van der Waals surface area contributed by atoms with Gasteiger partial charge in [-0.3, -0.25) is 0 Å². The van der Waals surface area contributed by atoms with E-state index in [0.29, 0.717) is 23.8 Å². The van der Waals surface area contributed by atoms with Crippen molar-refractivity contribution in [3.05, 3.63) is 29.6 Å². The molecular formula is C14H18FNO. The van der Waals surface area contributed by atoms with Gasteiger partial charge >= 0.3 is 0 Å². The lowest BCUT2D eigenvalue weighted by Gasteiger charge is -2.11. The zero-order valence-electron chi connectivity index (χ0n) is 10.3. The molecule has 0 aliphatic heterocycles. The Morgan fingerprint density at radius 3 is 2.82 bits per heavy atom. The van der Waals surface area contributed by atoms with Gasteiger partial charge in [0, 0.05) is 6.07 Å². The number of rotatable bonds is 4. The van der Waals surface area contributed by atoms with Crippen molar-refractivity contribution in [2.45, 2.75) is 20.3 Å². The second kappa shape index (κ2) is 6.93. The number of nitrogens with two attached hydrogens (primary N) is 1. The van der Waals surface area contributed by atoms with Crippen LogP contribution in [0.3, 0.4) is 0 Å². The molecule has 0 radical (unpaired) electrons. The van der Waals surface area contributed by atoms with E-state index in [1.807, 2.05) is 0 Å². The molecule has 0 saturated carbocycles. The Hall–Kier alpha value is -1.53. The van der Waals surface area contributed by atoms with Crippen LogP contribution in [0.4, 0.5) is 4.39 Å². The van der Waals surface area contributed by atoms with Gasteiger partial charge in [0.25, 0.3) is 0 Å². The second-order valence-corrected chi connectivity index (χ2v) is 3.97. The van der Waals surface area contributed by atoms with Gasteiger partial charge < -0.3 is 10.5 Å². The fraction of sp³-hybridized carbons (Fsp3) is 0.429. The number of halogens is 1. The fourth-order valence-electron chi connectivity index (χ4n) is 1.19. The van der Waals surface area contributed by atoms with Gasteiger partial charge in [-0.1, -0.05) is 32.1 Å². The highest BCUT2D eigenvalue weighted by Crippen LogP contribution is 2.17. The number of ether oxygens (including phenoxy) is 1. The molecule has 17 heavy (non-hydrogen) atoms. The average molecular weight is 235 g/mol. The number of hydrogen-bond acceptors (Lipinski definition) is 2. The van der Waals surface area contributed by atoms with E-state index in [4.69, 9.17) is 10.5 Å². The maximum absolute atomic E-state index is 13.6. The third kappa shape index (κ3) is 4.46. The zero-order chi connectivity index (χ0) is 12.7. The van der Waals surface area contributed by atoms with Crippen LogP contribution in [0.5, 0.6) is 5.75 Å². The fourth-order valence-corrected chi connectivity index (χ4v) is 1.19. The lowest BCUT2D eigenvalue weighted by atomic mass is 10.1. The van der Waals surface area contributed by atoms with Gasteiger partial charge in [0.05, 0.1) is 18.7 Å². The van der Waals surface area contributed by atoms with E-state index in [9.17, 15) is 4.39 Å². The minimum Gasteiger partial charge on any atom is -0.493 e. The van der Waals surface area contributed by atoms with Crippen molar-refractivity contribution < 1.29 is 9.13 Å². The van der Waals surface area contributed by atoms with Gasteiger partial charge in [0.1, 0.15) is 11.6 Å². The lowest BCUT2D eigenvalue weighted by molar-refractivity contribution is 0.255. The first-order valence-electron chi connectivity index (χ1n) is 5.78. The smallest absolute Gasteiger partial charge is 0.142 e. The topological polar surface area (TPSA) is 35.2 Å². The Labute approximate surface area is 102 Å². The minimum absolute atomic E-state index is 0.228. The summed E-state index contributed by atoms with van der Waals surface area (Å²) in [4.78, 5) is 0. The molecule has 0 saturated heterocycles. The summed E-state index contributed by atoms with van der Waals surface area (Å²) in [7, 11) is 0. The first-order valence-corrected chi connectivity index (χ1v) is 5.78. The second-order valence-electron chi connectivity index (χ2n) is 3.97. The van der Waals surface area contributed by atoms with E-state index in [2.05, 4.69) is 25.7 Å². The standard InChI is InChI=1S/C14H18FNO/c1-3-11(2)10-17-13-7-6-12(5-4-8-16)14(15)9-13/h6-7,9,11H,3,8,10,16H2,1-2H3. The van der Waals surface area contributed by atoms with E-state index in [1.165, 1.54) is 6.07 Å².